The van der Waals surface area contributed by atoms with Crippen LogP contribution in [0.4, 0.5) is 0 Å². The molecule has 90 valence electrons. The lowest BCUT2D eigenvalue weighted by atomic mass is 9.85. The van der Waals surface area contributed by atoms with Crippen molar-refractivity contribution in [1.82, 2.24) is 0 Å². The van der Waals surface area contributed by atoms with E-state index in [1.54, 1.807) is 7.11 Å². The van der Waals surface area contributed by atoms with Crippen molar-refractivity contribution in [3.63, 3.8) is 0 Å². The van der Waals surface area contributed by atoms with Gasteiger partial charge < -0.3 is 10.5 Å². The molecule has 1 rings (SSSR count). The van der Waals surface area contributed by atoms with Crippen LogP contribution in [-0.4, -0.2) is 20.3 Å². The number of aryl methyl sites for hydroxylation is 1. The first kappa shape index (κ1) is 13.2. The van der Waals surface area contributed by atoms with Gasteiger partial charge in [0, 0.05) is 12.5 Å². The van der Waals surface area contributed by atoms with Crippen molar-refractivity contribution in [3.8, 4) is 0 Å². The van der Waals surface area contributed by atoms with Gasteiger partial charge in [-0.05, 0) is 30.5 Å². The van der Waals surface area contributed by atoms with Crippen molar-refractivity contribution in [2.75, 3.05) is 20.3 Å². The van der Waals surface area contributed by atoms with Crippen molar-refractivity contribution in [2.24, 2.45) is 5.73 Å². The highest BCUT2D eigenvalue weighted by molar-refractivity contribution is 5.28. The molecule has 2 N–H and O–H groups in total. The van der Waals surface area contributed by atoms with E-state index in [-0.39, 0.29) is 5.41 Å². The minimum absolute atomic E-state index is 0.0845. The van der Waals surface area contributed by atoms with Crippen LogP contribution in [0.15, 0.2) is 24.3 Å². The molecule has 0 bridgehead atoms. The van der Waals surface area contributed by atoms with E-state index in [0.29, 0.717) is 0 Å². The Morgan fingerprint density at radius 1 is 1.19 bits per heavy atom. The van der Waals surface area contributed by atoms with Crippen LogP contribution < -0.4 is 5.73 Å². The molecule has 0 heterocycles. The van der Waals surface area contributed by atoms with Gasteiger partial charge in [0.2, 0.25) is 0 Å². The van der Waals surface area contributed by atoms with Gasteiger partial charge in [0.15, 0.2) is 0 Å². The maximum absolute atomic E-state index is 5.50. The molecular weight excluding hydrogens is 198 g/mol. The summed E-state index contributed by atoms with van der Waals surface area (Å²) in [5.74, 6) is 0. The van der Waals surface area contributed by atoms with E-state index >= 15 is 0 Å². The fourth-order valence-electron chi connectivity index (χ4n) is 1.87. The molecule has 0 radical (unpaired) electrons. The Bertz CT molecular complexity index is 303. The summed E-state index contributed by atoms with van der Waals surface area (Å²) < 4.78 is 5.24. The van der Waals surface area contributed by atoms with Crippen LogP contribution in [0.1, 0.15) is 31.4 Å². The van der Waals surface area contributed by atoms with Gasteiger partial charge in [-0.2, -0.15) is 0 Å². The fourth-order valence-corrected chi connectivity index (χ4v) is 1.87. The van der Waals surface area contributed by atoms with Gasteiger partial charge >= 0.3 is 0 Å². The Morgan fingerprint density at radius 3 is 2.31 bits per heavy atom. The van der Waals surface area contributed by atoms with Crippen LogP contribution in [0.5, 0.6) is 0 Å². The van der Waals surface area contributed by atoms with Crippen LogP contribution in [-0.2, 0) is 16.6 Å². The molecule has 0 unspecified atom stereocenters. The van der Waals surface area contributed by atoms with Gasteiger partial charge in [-0.25, -0.2) is 0 Å². The Morgan fingerprint density at radius 2 is 1.81 bits per heavy atom. The number of methoxy groups -OCH3 is 1. The summed E-state index contributed by atoms with van der Waals surface area (Å²) >= 11 is 0. The number of benzene rings is 1. The van der Waals surface area contributed by atoms with E-state index in [1.165, 1.54) is 11.1 Å². The fraction of sp³-hybridized carbons (Fsp3) is 0.571. The maximum Gasteiger partial charge on any atom is 0.0553 e. The van der Waals surface area contributed by atoms with E-state index in [4.69, 9.17) is 10.5 Å². The summed E-state index contributed by atoms with van der Waals surface area (Å²) in [6.45, 7) is 5.91. The van der Waals surface area contributed by atoms with Crippen molar-refractivity contribution in [2.45, 2.75) is 32.1 Å². The Labute approximate surface area is 98.8 Å². The first-order valence-corrected chi connectivity index (χ1v) is 5.88. The van der Waals surface area contributed by atoms with Crippen LogP contribution >= 0.6 is 0 Å². The minimum Gasteiger partial charge on any atom is -0.384 e. The second-order valence-corrected chi connectivity index (χ2v) is 4.91. The lowest BCUT2D eigenvalue weighted by Crippen LogP contribution is -2.23. The van der Waals surface area contributed by atoms with E-state index < -0.39 is 0 Å². The van der Waals surface area contributed by atoms with E-state index in [1.807, 2.05) is 0 Å². The number of nitrogens with two attached hydrogens (primary N) is 1. The normalized spacial score (nSPS) is 11.8. The third-order valence-electron chi connectivity index (χ3n) is 2.91. The SMILES string of the molecule is COCC(C)(C)c1ccc(CCCN)cc1. The molecule has 2 nitrogen and oxygen atoms in total. The Hall–Kier alpha value is -0.860. The summed E-state index contributed by atoms with van der Waals surface area (Å²) in [7, 11) is 1.75. The predicted octanol–water partition coefficient (Wildman–Crippen LogP) is 2.50. The lowest BCUT2D eigenvalue weighted by Gasteiger charge is -2.24. The molecule has 0 atom stereocenters. The Balaban J connectivity index is 2.70. The second-order valence-electron chi connectivity index (χ2n) is 4.91. The van der Waals surface area contributed by atoms with E-state index in [2.05, 4.69) is 38.1 Å². The maximum atomic E-state index is 5.50. The van der Waals surface area contributed by atoms with Crippen LogP contribution in [0.25, 0.3) is 0 Å². The molecule has 0 fully saturated rings. The van der Waals surface area contributed by atoms with Crippen LogP contribution in [0.3, 0.4) is 0 Å². The molecule has 16 heavy (non-hydrogen) atoms. The zero-order valence-corrected chi connectivity index (χ0v) is 10.6. The molecule has 0 aliphatic rings. The van der Waals surface area contributed by atoms with E-state index in [0.717, 1.165) is 26.0 Å². The summed E-state index contributed by atoms with van der Waals surface area (Å²) in [6, 6.07) is 8.79. The zero-order valence-electron chi connectivity index (χ0n) is 10.6. The third-order valence-corrected chi connectivity index (χ3v) is 2.91. The quantitative estimate of drug-likeness (QED) is 0.801. The summed E-state index contributed by atoms with van der Waals surface area (Å²) in [5, 5.41) is 0. The smallest absolute Gasteiger partial charge is 0.0553 e. The molecule has 0 amide bonds. The van der Waals surface area contributed by atoms with Crippen LogP contribution in [0, 0.1) is 0 Å². The van der Waals surface area contributed by atoms with E-state index in [9.17, 15) is 0 Å². The molecule has 0 saturated carbocycles. The molecule has 1 aromatic carbocycles. The molecule has 0 spiro atoms. The standard InChI is InChI=1S/C14H23NO/c1-14(2,11-16-3)13-8-6-12(7-9-13)5-4-10-15/h6-9H,4-5,10-11,15H2,1-3H3. The molecule has 0 aliphatic heterocycles. The largest absolute Gasteiger partial charge is 0.384 e. The molecule has 0 aliphatic carbocycles. The second kappa shape index (κ2) is 6.02. The Kier molecular flexibility index (Phi) is 4.97. The van der Waals surface area contributed by atoms with Crippen molar-refractivity contribution in [3.05, 3.63) is 35.4 Å². The summed E-state index contributed by atoms with van der Waals surface area (Å²) in [6.07, 6.45) is 2.13. The highest BCUT2D eigenvalue weighted by Crippen LogP contribution is 2.23. The summed E-state index contributed by atoms with van der Waals surface area (Å²) in [4.78, 5) is 0. The monoisotopic (exact) mass is 221 g/mol. The van der Waals surface area contributed by atoms with Gasteiger partial charge in [0.25, 0.3) is 0 Å². The molecule has 0 aromatic heterocycles. The summed E-state index contributed by atoms with van der Waals surface area (Å²) in [5.41, 5.74) is 8.27. The molecule has 1 aromatic rings. The zero-order chi connectivity index (χ0) is 12.0. The predicted molar refractivity (Wildman–Crippen MR) is 68.7 cm³/mol. The number of hydrogen-bond acceptors (Lipinski definition) is 2. The minimum atomic E-state index is 0.0845. The molecule has 0 saturated heterocycles. The van der Waals surface area contributed by atoms with Crippen molar-refractivity contribution >= 4 is 0 Å². The van der Waals surface area contributed by atoms with Gasteiger partial charge in [-0.1, -0.05) is 38.1 Å². The number of rotatable bonds is 6. The molecule has 2 heteroatoms. The average Bonchev–Trinajstić information content (AvgIpc) is 2.27. The molecular formula is C14H23NO. The lowest BCUT2D eigenvalue weighted by molar-refractivity contribution is 0.146. The number of ether oxygens (including phenoxy) is 1. The van der Waals surface area contributed by atoms with Crippen molar-refractivity contribution < 1.29 is 4.74 Å². The van der Waals surface area contributed by atoms with Gasteiger partial charge in [-0.15, -0.1) is 0 Å². The van der Waals surface area contributed by atoms with Crippen LogP contribution in [0.2, 0.25) is 0 Å². The average molecular weight is 221 g/mol. The third kappa shape index (κ3) is 3.62. The van der Waals surface area contributed by atoms with Gasteiger partial charge in [0.05, 0.1) is 6.61 Å². The van der Waals surface area contributed by atoms with Gasteiger partial charge in [0.1, 0.15) is 0 Å². The topological polar surface area (TPSA) is 35.2 Å². The highest BCUT2D eigenvalue weighted by Gasteiger charge is 2.19. The van der Waals surface area contributed by atoms with Gasteiger partial charge in [-0.3, -0.25) is 0 Å². The van der Waals surface area contributed by atoms with Crippen molar-refractivity contribution in [1.29, 1.82) is 0 Å². The highest BCUT2D eigenvalue weighted by atomic mass is 16.5. The first-order chi connectivity index (χ1) is 7.60. The number of hydrogen-bond donors (Lipinski definition) is 1. The first-order valence-electron chi connectivity index (χ1n) is 5.88.